The summed E-state index contributed by atoms with van der Waals surface area (Å²) in [5, 5.41) is 18.6. The summed E-state index contributed by atoms with van der Waals surface area (Å²) in [5.74, 6) is 0.908. The number of ether oxygens (including phenoxy) is 1. The minimum atomic E-state index is -0.495. The third-order valence-electron chi connectivity index (χ3n) is 3.91. The van der Waals surface area contributed by atoms with Gasteiger partial charge in [0.2, 0.25) is 0 Å². The van der Waals surface area contributed by atoms with Crippen LogP contribution >= 0.6 is 0 Å². The van der Waals surface area contributed by atoms with Gasteiger partial charge in [0.05, 0.1) is 6.61 Å². The van der Waals surface area contributed by atoms with E-state index < -0.39 is 5.97 Å². The van der Waals surface area contributed by atoms with Crippen LogP contribution in [0.5, 0.6) is 0 Å². The number of aliphatic hydroxyl groups excluding tert-OH is 1. The van der Waals surface area contributed by atoms with E-state index in [-0.39, 0.29) is 24.6 Å². The highest BCUT2D eigenvalue weighted by atomic mass is 16.5. The zero-order valence-corrected chi connectivity index (χ0v) is 14.8. The van der Waals surface area contributed by atoms with Crippen LogP contribution in [0.25, 0.3) is 22.8 Å². The minimum absolute atomic E-state index is 0.00122. The van der Waals surface area contributed by atoms with Crippen LogP contribution in [-0.2, 0) is 11.3 Å². The number of anilines is 1. The number of nitriles is 1. The number of aliphatic hydroxyl groups is 1. The summed E-state index contributed by atoms with van der Waals surface area (Å²) in [6.07, 6.45) is 0. The molecule has 138 valence electrons. The van der Waals surface area contributed by atoms with Gasteiger partial charge in [0.25, 0.3) is 0 Å². The molecule has 3 aromatic heterocycles. The van der Waals surface area contributed by atoms with Gasteiger partial charge in [-0.2, -0.15) is 5.26 Å². The molecule has 8 nitrogen and oxygen atoms in total. The first kappa shape index (κ1) is 18.2. The van der Waals surface area contributed by atoms with E-state index in [1.165, 1.54) is 6.07 Å². The van der Waals surface area contributed by atoms with Gasteiger partial charge < -0.3 is 24.4 Å². The normalized spacial score (nSPS) is 10.6. The standard InChI is InChI=1S/C19H17N3O5/c1-3-25-19(24)12-7-17(26-10(12)2)15-6-13(14(8-20)18(21)22-15)16-5-4-11(9-23)27-16/h4-7,23H,3,9H2,1-2H3,(H2,21,22). The van der Waals surface area contributed by atoms with Crippen LogP contribution in [0.4, 0.5) is 5.82 Å². The minimum Gasteiger partial charge on any atom is -0.462 e. The zero-order chi connectivity index (χ0) is 19.6. The van der Waals surface area contributed by atoms with E-state index in [4.69, 9.17) is 19.3 Å². The number of nitrogen functional groups attached to an aromatic ring is 1. The Kier molecular flexibility index (Phi) is 4.96. The van der Waals surface area contributed by atoms with E-state index in [2.05, 4.69) is 4.98 Å². The molecule has 3 N–H and O–H groups in total. The van der Waals surface area contributed by atoms with Crippen molar-refractivity contribution in [1.82, 2.24) is 4.98 Å². The molecule has 8 heteroatoms. The Hall–Kier alpha value is -3.57. The summed E-state index contributed by atoms with van der Waals surface area (Å²) in [6.45, 7) is 3.34. The fourth-order valence-electron chi connectivity index (χ4n) is 2.63. The molecule has 0 fully saturated rings. The second-order valence-corrected chi connectivity index (χ2v) is 5.65. The molecule has 0 unspecified atom stereocenters. The number of pyridine rings is 1. The first-order valence-corrected chi connectivity index (χ1v) is 8.17. The SMILES string of the molecule is CCOC(=O)c1cc(-c2cc(-c3ccc(CO)o3)c(C#N)c(N)n2)oc1C. The van der Waals surface area contributed by atoms with Gasteiger partial charge >= 0.3 is 5.97 Å². The monoisotopic (exact) mass is 367 g/mol. The number of esters is 1. The number of furan rings is 2. The van der Waals surface area contributed by atoms with Crippen LogP contribution < -0.4 is 5.73 Å². The summed E-state index contributed by atoms with van der Waals surface area (Å²) < 4.78 is 16.2. The average molecular weight is 367 g/mol. The van der Waals surface area contributed by atoms with E-state index in [1.807, 2.05) is 6.07 Å². The van der Waals surface area contributed by atoms with Gasteiger partial charge in [-0.25, -0.2) is 9.78 Å². The van der Waals surface area contributed by atoms with Gasteiger partial charge in [-0.15, -0.1) is 0 Å². The lowest BCUT2D eigenvalue weighted by molar-refractivity contribution is 0.0524. The third kappa shape index (κ3) is 3.41. The van der Waals surface area contributed by atoms with Gasteiger partial charge in [-0.1, -0.05) is 0 Å². The van der Waals surface area contributed by atoms with E-state index in [0.717, 1.165) is 0 Å². The van der Waals surface area contributed by atoms with Crippen LogP contribution in [0.3, 0.4) is 0 Å². The van der Waals surface area contributed by atoms with Gasteiger partial charge in [0, 0.05) is 11.6 Å². The fraction of sp³-hybridized carbons (Fsp3) is 0.211. The zero-order valence-electron chi connectivity index (χ0n) is 14.8. The molecular weight excluding hydrogens is 350 g/mol. The van der Waals surface area contributed by atoms with Crippen LogP contribution in [0, 0.1) is 18.3 Å². The highest BCUT2D eigenvalue weighted by Gasteiger charge is 2.21. The smallest absolute Gasteiger partial charge is 0.341 e. The number of carbonyl (C=O) groups is 1. The Morgan fingerprint density at radius 1 is 1.33 bits per heavy atom. The summed E-state index contributed by atoms with van der Waals surface area (Å²) >= 11 is 0. The number of hydrogen-bond acceptors (Lipinski definition) is 8. The molecule has 3 aromatic rings. The Labute approximate surface area is 154 Å². The Morgan fingerprint density at radius 3 is 2.74 bits per heavy atom. The van der Waals surface area contributed by atoms with Crippen LogP contribution in [0.1, 0.15) is 34.4 Å². The second-order valence-electron chi connectivity index (χ2n) is 5.65. The number of rotatable bonds is 5. The van der Waals surface area contributed by atoms with Gasteiger partial charge in [-0.3, -0.25) is 0 Å². The van der Waals surface area contributed by atoms with Crippen molar-refractivity contribution in [2.45, 2.75) is 20.5 Å². The quantitative estimate of drug-likeness (QED) is 0.657. The molecule has 27 heavy (non-hydrogen) atoms. The van der Waals surface area contributed by atoms with Crippen LogP contribution in [-0.4, -0.2) is 22.7 Å². The summed E-state index contributed by atoms with van der Waals surface area (Å²) in [7, 11) is 0. The van der Waals surface area contributed by atoms with E-state index in [9.17, 15) is 15.2 Å². The average Bonchev–Trinajstić information content (AvgIpc) is 3.28. The molecule has 0 bridgehead atoms. The van der Waals surface area contributed by atoms with Crippen molar-refractivity contribution in [1.29, 1.82) is 5.26 Å². The van der Waals surface area contributed by atoms with Crippen LogP contribution in [0.2, 0.25) is 0 Å². The molecule has 3 rings (SSSR count). The molecule has 0 radical (unpaired) electrons. The lowest BCUT2D eigenvalue weighted by Crippen LogP contribution is -2.04. The Morgan fingerprint density at radius 2 is 2.11 bits per heavy atom. The molecular formula is C19H17N3O5. The number of nitrogens with zero attached hydrogens (tertiary/aromatic N) is 2. The summed E-state index contributed by atoms with van der Waals surface area (Å²) in [5.41, 5.74) is 7.12. The van der Waals surface area contributed by atoms with Crippen molar-refractivity contribution in [3.63, 3.8) is 0 Å². The lowest BCUT2D eigenvalue weighted by atomic mass is 10.1. The molecule has 3 heterocycles. The van der Waals surface area contributed by atoms with Gasteiger partial charge in [-0.05, 0) is 32.0 Å². The molecule has 0 aliphatic carbocycles. The maximum absolute atomic E-state index is 12.0. The van der Waals surface area contributed by atoms with Crippen molar-refractivity contribution >= 4 is 11.8 Å². The lowest BCUT2D eigenvalue weighted by Gasteiger charge is -2.06. The summed E-state index contributed by atoms with van der Waals surface area (Å²) in [4.78, 5) is 16.2. The van der Waals surface area contributed by atoms with Crippen LogP contribution in [0.15, 0.2) is 33.1 Å². The highest BCUT2D eigenvalue weighted by molar-refractivity contribution is 5.92. The van der Waals surface area contributed by atoms with Crippen molar-refractivity contribution in [2.24, 2.45) is 0 Å². The largest absolute Gasteiger partial charge is 0.462 e. The number of nitrogens with two attached hydrogens (primary N) is 1. The van der Waals surface area contributed by atoms with Gasteiger partial charge in [0.1, 0.15) is 52.6 Å². The first-order chi connectivity index (χ1) is 13.0. The predicted octanol–water partition coefficient (Wildman–Crippen LogP) is 3.03. The molecule has 0 saturated carbocycles. The summed E-state index contributed by atoms with van der Waals surface area (Å²) in [6, 6.07) is 8.34. The molecule has 0 aliphatic heterocycles. The predicted molar refractivity (Wildman–Crippen MR) is 95.4 cm³/mol. The topological polar surface area (TPSA) is 136 Å². The molecule has 0 atom stereocenters. The Balaban J connectivity index is 2.11. The van der Waals surface area contributed by atoms with E-state index >= 15 is 0 Å². The van der Waals surface area contributed by atoms with Crippen molar-refractivity contribution in [2.75, 3.05) is 12.3 Å². The molecule has 0 amide bonds. The fourth-order valence-corrected chi connectivity index (χ4v) is 2.63. The molecule has 0 aliphatic rings. The number of hydrogen-bond donors (Lipinski definition) is 2. The molecule has 0 aromatic carbocycles. The third-order valence-corrected chi connectivity index (χ3v) is 3.91. The number of carbonyl (C=O) groups excluding carboxylic acids is 1. The van der Waals surface area contributed by atoms with E-state index in [0.29, 0.717) is 39.9 Å². The number of aromatic nitrogens is 1. The second kappa shape index (κ2) is 7.35. The maximum Gasteiger partial charge on any atom is 0.341 e. The first-order valence-electron chi connectivity index (χ1n) is 8.17. The van der Waals surface area contributed by atoms with E-state index in [1.54, 1.807) is 32.0 Å². The van der Waals surface area contributed by atoms with Crippen molar-refractivity contribution in [3.8, 4) is 28.8 Å². The Bertz CT molecular complexity index is 1040. The van der Waals surface area contributed by atoms with Crippen molar-refractivity contribution in [3.05, 3.63) is 46.9 Å². The maximum atomic E-state index is 12.0. The van der Waals surface area contributed by atoms with Crippen molar-refractivity contribution < 1.29 is 23.5 Å². The highest BCUT2D eigenvalue weighted by Crippen LogP contribution is 2.33. The number of aryl methyl sites for hydroxylation is 1. The van der Waals surface area contributed by atoms with Gasteiger partial charge in [0.15, 0.2) is 5.76 Å². The molecule has 0 spiro atoms. The molecule has 0 saturated heterocycles.